The fourth-order valence-electron chi connectivity index (χ4n) is 5.32. The predicted octanol–water partition coefficient (Wildman–Crippen LogP) is 4.98. The summed E-state index contributed by atoms with van der Waals surface area (Å²) in [5, 5.41) is 30.9. The highest BCUT2D eigenvalue weighted by Gasteiger charge is 2.19. The third-order valence-corrected chi connectivity index (χ3v) is 9.59. The molecule has 6 aromatic rings. The summed E-state index contributed by atoms with van der Waals surface area (Å²) in [4.78, 5) is 50.3. The Bertz CT molecular complexity index is 2560. The number of amides is 4. The van der Waals surface area contributed by atoms with Crippen LogP contribution in [0.25, 0.3) is 21.5 Å². The Hall–Kier alpha value is -6.86. The van der Waals surface area contributed by atoms with Gasteiger partial charge in [-0.3, -0.25) is 28.3 Å². The summed E-state index contributed by atoms with van der Waals surface area (Å²) in [6.45, 7) is 0. The number of anilines is 4. The minimum Gasteiger partial charge on any atom is -0.508 e. The first-order chi connectivity index (χ1) is 25.4. The van der Waals surface area contributed by atoms with Crippen LogP contribution in [0.2, 0.25) is 0 Å². The van der Waals surface area contributed by atoms with Crippen molar-refractivity contribution in [3.8, 4) is 11.5 Å². The predicted molar refractivity (Wildman–Crippen MR) is 197 cm³/mol. The zero-order valence-electron chi connectivity index (χ0n) is 27.3. The first-order valence-corrected chi connectivity index (χ1v) is 18.3. The Morgan fingerprint density at radius 1 is 0.444 bits per heavy atom. The molecule has 8 N–H and O–H groups in total. The molecule has 0 bridgehead atoms. The maximum Gasteiger partial charge on any atom is 0.314 e. The molecule has 6 rings (SSSR count). The van der Waals surface area contributed by atoms with Crippen LogP contribution in [0, 0.1) is 0 Å². The lowest BCUT2D eigenvalue weighted by Crippen LogP contribution is -2.29. The molecule has 4 amide bonds. The molecule has 0 saturated heterocycles. The lowest BCUT2D eigenvalue weighted by molar-refractivity contribution is -0.132. The lowest BCUT2D eigenvalue weighted by atomic mass is 10.1. The quantitative estimate of drug-likeness (QED) is 0.0753. The minimum absolute atomic E-state index is 0.0102. The van der Waals surface area contributed by atoms with E-state index >= 15 is 0 Å². The van der Waals surface area contributed by atoms with Crippen molar-refractivity contribution in [2.24, 2.45) is 0 Å². The molecule has 0 atom stereocenters. The van der Waals surface area contributed by atoms with Crippen LogP contribution in [0.1, 0.15) is 20.7 Å². The van der Waals surface area contributed by atoms with E-state index < -0.39 is 53.7 Å². The first kappa shape index (κ1) is 36.9. The normalized spacial score (nSPS) is 11.5. The molecule has 0 spiro atoms. The molecule has 0 radical (unpaired) electrons. The van der Waals surface area contributed by atoms with Gasteiger partial charge in [-0.05, 0) is 108 Å². The van der Waals surface area contributed by atoms with Crippen LogP contribution < -0.4 is 21.3 Å². The van der Waals surface area contributed by atoms with Crippen molar-refractivity contribution in [1.29, 1.82) is 0 Å². The number of rotatable bonds is 8. The molecule has 16 nitrogen and oxygen atoms in total. The van der Waals surface area contributed by atoms with Crippen molar-refractivity contribution in [2.75, 3.05) is 21.3 Å². The lowest BCUT2D eigenvalue weighted by Gasteiger charge is -2.12. The van der Waals surface area contributed by atoms with Crippen LogP contribution in [0.15, 0.2) is 119 Å². The van der Waals surface area contributed by atoms with Crippen molar-refractivity contribution in [2.45, 2.75) is 9.79 Å². The summed E-state index contributed by atoms with van der Waals surface area (Å²) in [5.41, 5.74) is 0.407. The van der Waals surface area contributed by atoms with Crippen LogP contribution in [0.5, 0.6) is 11.5 Å². The molecule has 54 heavy (non-hydrogen) atoms. The van der Waals surface area contributed by atoms with E-state index in [1.54, 1.807) is 0 Å². The molecule has 0 aliphatic carbocycles. The van der Waals surface area contributed by atoms with Crippen molar-refractivity contribution >= 4 is 88.2 Å². The van der Waals surface area contributed by atoms with Crippen molar-refractivity contribution < 1.29 is 55.3 Å². The van der Waals surface area contributed by atoms with Gasteiger partial charge < -0.3 is 31.5 Å². The van der Waals surface area contributed by atoms with Crippen LogP contribution >= 0.6 is 0 Å². The molecule has 0 aliphatic rings. The molecule has 0 saturated carbocycles. The van der Waals surface area contributed by atoms with Gasteiger partial charge in [0.15, 0.2) is 0 Å². The Morgan fingerprint density at radius 2 is 0.796 bits per heavy atom. The number of hydrogen-bond donors (Lipinski definition) is 8. The van der Waals surface area contributed by atoms with Crippen molar-refractivity contribution in [3.05, 3.63) is 120 Å². The SMILES string of the molecule is O=C(Nc1ccc(C(=O)Nc2cc(S(=O)(=O)O)cc3ccc(O)cc23)cc1)C(=O)Nc1ccc(C(=O)Nc2cc(S(=O)(=O)O)cc3ccc(O)cc23)cc1. The molecule has 18 heteroatoms. The van der Waals surface area contributed by atoms with E-state index in [-0.39, 0.29) is 45.4 Å². The topological polar surface area (TPSA) is 266 Å². The Balaban J connectivity index is 1.08. The number of carbonyl (C=O) groups is 4. The largest absolute Gasteiger partial charge is 0.508 e. The Labute approximate surface area is 305 Å². The van der Waals surface area contributed by atoms with E-state index in [9.17, 15) is 55.3 Å². The third-order valence-electron chi connectivity index (χ3n) is 7.93. The molecule has 0 unspecified atom stereocenters. The van der Waals surface area contributed by atoms with Gasteiger partial charge in [-0.2, -0.15) is 16.8 Å². The number of phenolic OH excluding ortho intramolecular Hbond substituents is 2. The standard InChI is InChI=1S/C36H26N4O12S2/c41-25-11-5-21-13-27(53(47,48)49)17-31(29(21)15-25)39-33(43)19-1-7-23(8-2-19)37-35(45)36(46)38-24-9-3-20(4-10-24)34(44)40-32-18-28(54(50,51)52)14-22-6-12-26(42)16-30(22)32/h1-18,41-42H,(H,37,45)(H,38,46)(H,39,43)(H,40,44)(H,47,48,49)(H,50,51,52). The van der Waals surface area contributed by atoms with E-state index in [2.05, 4.69) is 21.3 Å². The summed E-state index contributed by atoms with van der Waals surface area (Å²) >= 11 is 0. The van der Waals surface area contributed by atoms with Gasteiger partial charge in [-0.25, -0.2) is 0 Å². The number of benzene rings is 6. The van der Waals surface area contributed by atoms with Crippen molar-refractivity contribution in [3.63, 3.8) is 0 Å². The summed E-state index contributed by atoms with van der Waals surface area (Å²) in [6, 6.07) is 23.1. The monoisotopic (exact) mass is 770 g/mol. The van der Waals surface area contributed by atoms with E-state index in [0.29, 0.717) is 21.5 Å². The number of carbonyl (C=O) groups excluding carboxylic acids is 4. The van der Waals surface area contributed by atoms with E-state index in [1.807, 2.05) is 0 Å². The highest BCUT2D eigenvalue weighted by molar-refractivity contribution is 7.86. The van der Waals surface area contributed by atoms with Gasteiger partial charge in [-0.15, -0.1) is 0 Å². The van der Waals surface area contributed by atoms with E-state index in [0.717, 1.165) is 12.1 Å². The van der Waals surface area contributed by atoms with Gasteiger partial charge >= 0.3 is 11.8 Å². The summed E-state index contributed by atoms with van der Waals surface area (Å²) in [7, 11) is -9.26. The number of aromatic hydroxyl groups is 2. The zero-order chi connectivity index (χ0) is 38.9. The Morgan fingerprint density at radius 3 is 1.13 bits per heavy atom. The van der Waals surface area contributed by atoms with Crippen LogP contribution in [0.3, 0.4) is 0 Å². The van der Waals surface area contributed by atoms with Crippen LogP contribution in [-0.4, -0.2) is 59.8 Å². The fraction of sp³-hybridized carbons (Fsp3) is 0. The second-order valence-corrected chi connectivity index (χ2v) is 14.5. The second-order valence-electron chi connectivity index (χ2n) is 11.7. The average molecular weight is 771 g/mol. The van der Waals surface area contributed by atoms with Crippen LogP contribution in [0.4, 0.5) is 22.7 Å². The molecular weight excluding hydrogens is 745 g/mol. The maximum atomic E-state index is 13.0. The molecule has 0 aromatic heterocycles. The zero-order valence-corrected chi connectivity index (χ0v) is 28.9. The number of fused-ring (bicyclic) bond motifs is 2. The average Bonchev–Trinajstić information content (AvgIpc) is 3.11. The minimum atomic E-state index is -4.63. The second kappa shape index (κ2) is 14.3. The molecule has 0 heterocycles. The number of hydrogen-bond acceptors (Lipinski definition) is 10. The number of phenols is 2. The molecule has 274 valence electrons. The summed E-state index contributed by atoms with van der Waals surface area (Å²) in [5.74, 6) is -3.84. The Kier molecular flexibility index (Phi) is 9.76. The van der Waals surface area contributed by atoms with Gasteiger partial charge in [0.25, 0.3) is 32.1 Å². The van der Waals surface area contributed by atoms with Gasteiger partial charge in [0.1, 0.15) is 11.5 Å². The highest BCUT2D eigenvalue weighted by atomic mass is 32.2. The molecule has 6 aromatic carbocycles. The smallest absolute Gasteiger partial charge is 0.314 e. The van der Waals surface area contributed by atoms with E-state index in [4.69, 9.17) is 0 Å². The maximum absolute atomic E-state index is 13.0. The van der Waals surface area contributed by atoms with Crippen molar-refractivity contribution in [1.82, 2.24) is 0 Å². The van der Waals surface area contributed by atoms with Gasteiger partial charge in [0.05, 0.1) is 21.2 Å². The fourth-order valence-corrected chi connectivity index (χ4v) is 6.40. The first-order valence-electron chi connectivity index (χ1n) is 15.4. The molecular formula is C36H26N4O12S2. The van der Waals surface area contributed by atoms with Gasteiger partial charge in [0.2, 0.25) is 0 Å². The van der Waals surface area contributed by atoms with E-state index in [1.165, 1.54) is 97.1 Å². The van der Waals surface area contributed by atoms with Crippen LogP contribution in [-0.2, 0) is 29.8 Å². The van der Waals surface area contributed by atoms with Gasteiger partial charge in [-0.1, -0.05) is 12.1 Å². The summed E-state index contributed by atoms with van der Waals surface area (Å²) < 4.78 is 66.2. The molecule has 0 fully saturated rings. The highest BCUT2D eigenvalue weighted by Crippen LogP contribution is 2.32. The van der Waals surface area contributed by atoms with Gasteiger partial charge in [0, 0.05) is 33.3 Å². The number of nitrogens with one attached hydrogen (secondary N) is 4. The molecule has 0 aliphatic heterocycles. The third kappa shape index (κ3) is 8.27. The summed E-state index contributed by atoms with van der Waals surface area (Å²) in [6.07, 6.45) is 0.